The molecule has 3 aliphatic rings. The second-order valence-corrected chi connectivity index (χ2v) is 6.89. The Balaban J connectivity index is 1.46. The first-order chi connectivity index (χ1) is 9.13. The molecule has 4 nitrogen and oxygen atoms in total. The highest BCUT2D eigenvalue weighted by Crippen LogP contribution is 2.49. The second kappa shape index (κ2) is 5.31. The van der Waals surface area contributed by atoms with E-state index in [2.05, 4.69) is 12.2 Å². The van der Waals surface area contributed by atoms with E-state index in [4.69, 9.17) is 5.73 Å². The topological polar surface area (TPSA) is 58.4 Å². The molecular weight excluding hydrogens is 238 g/mol. The van der Waals surface area contributed by atoms with Gasteiger partial charge in [-0.3, -0.25) is 0 Å². The number of nitrogens with one attached hydrogen (secondary N) is 1. The lowest BCUT2D eigenvalue weighted by Crippen LogP contribution is -2.50. The number of amides is 2. The van der Waals surface area contributed by atoms with Gasteiger partial charge in [0, 0.05) is 25.2 Å². The smallest absolute Gasteiger partial charge is 0.314 e. The Labute approximate surface area is 116 Å². The van der Waals surface area contributed by atoms with Crippen LogP contribution in [0.15, 0.2) is 0 Å². The molecule has 2 amide bonds. The van der Waals surface area contributed by atoms with Gasteiger partial charge in [0.15, 0.2) is 0 Å². The van der Waals surface area contributed by atoms with E-state index in [-0.39, 0.29) is 6.03 Å². The zero-order valence-corrected chi connectivity index (χ0v) is 12.0. The number of primary amides is 1. The molecule has 4 atom stereocenters. The minimum absolute atomic E-state index is 0.264. The number of likely N-dealkylation sites (tertiary alicyclic amines) is 1. The molecule has 0 aromatic carbocycles. The van der Waals surface area contributed by atoms with Crippen molar-refractivity contribution in [1.82, 2.24) is 10.2 Å². The molecule has 0 radical (unpaired) electrons. The number of fused-ring (bicyclic) bond motifs is 2. The van der Waals surface area contributed by atoms with E-state index >= 15 is 0 Å². The molecule has 2 saturated carbocycles. The van der Waals surface area contributed by atoms with Gasteiger partial charge in [0.05, 0.1) is 0 Å². The van der Waals surface area contributed by atoms with Crippen LogP contribution in [-0.2, 0) is 0 Å². The van der Waals surface area contributed by atoms with Crippen molar-refractivity contribution in [1.29, 1.82) is 0 Å². The van der Waals surface area contributed by atoms with Crippen LogP contribution in [0.25, 0.3) is 0 Å². The molecule has 3 rings (SSSR count). The van der Waals surface area contributed by atoms with Gasteiger partial charge in [-0.05, 0) is 56.8 Å². The van der Waals surface area contributed by atoms with Gasteiger partial charge in [-0.1, -0.05) is 6.42 Å². The van der Waals surface area contributed by atoms with Crippen molar-refractivity contribution in [2.45, 2.75) is 57.5 Å². The summed E-state index contributed by atoms with van der Waals surface area (Å²) in [5.41, 5.74) is 5.32. The summed E-state index contributed by atoms with van der Waals surface area (Å²) >= 11 is 0. The van der Waals surface area contributed by atoms with Crippen LogP contribution in [0.2, 0.25) is 0 Å². The summed E-state index contributed by atoms with van der Waals surface area (Å²) in [6.45, 7) is 4.00. The number of piperidine rings is 1. The summed E-state index contributed by atoms with van der Waals surface area (Å²) < 4.78 is 0. The lowest BCUT2D eigenvalue weighted by molar-refractivity contribution is 0.172. The average molecular weight is 265 g/mol. The van der Waals surface area contributed by atoms with Crippen LogP contribution in [0.3, 0.4) is 0 Å². The second-order valence-electron chi connectivity index (χ2n) is 6.89. The summed E-state index contributed by atoms with van der Waals surface area (Å²) in [4.78, 5) is 12.9. The molecule has 108 valence electrons. The fourth-order valence-corrected chi connectivity index (χ4v) is 4.67. The van der Waals surface area contributed by atoms with Crippen molar-refractivity contribution in [2.24, 2.45) is 23.5 Å². The molecule has 0 aromatic heterocycles. The van der Waals surface area contributed by atoms with Crippen LogP contribution in [0.5, 0.6) is 0 Å². The first-order valence-corrected chi connectivity index (χ1v) is 7.94. The third-order valence-corrected chi connectivity index (χ3v) is 5.74. The highest BCUT2D eigenvalue weighted by atomic mass is 16.2. The zero-order valence-electron chi connectivity index (χ0n) is 12.0. The molecule has 4 heteroatoms. The molecular formula is C15H27N3O. The minimum Gasteiger partial charge on any atom is -0.351 e. The Morgan fingerprint density at radius 2 is 1.95 bits per heavy atom. The summed E-state index contributed by atoms with van der Waals surface area (Å²) in [5.74, 6) is 2.90. The van der Waals surface area contributed by atoms with Crippen molar-refractivity contribution in [3.05, 3.63) is 0 Å². The number of carbonyl (C=O) groups excluding carboxylic acids is 1. The molecule has 3 N–H and O–H groups in total. The van der Waals surface area contributed by atoms with Crippen LogP contribution in [0, 0.1) is 17.8 Å². The van der Waals surface area contributed by atoms with E-state index in [1.807, 2.05) is 0 Å². The Morgan fingerprint density at radius 1 is 1.21 bits per heavy atom. The van der Waals surface area contributed by atoms with E-state index in [9.17, 15) is 4.79 Å². The van der Waals surface area contributed by atoms with E-state index < -0.39 is 0 Å². The summed E-state index contributed by atoms with van der Waals surface area (Å²) in [5, 5.41) is 3.83. The minimum atomic E-state index is -0.264. The van der Waals surface area contributed by atoms with Gasteiger partial charge in [0.1, 0.15) is 0 Å². The Morgan fingerprint density at radius 3 is 2.47 bits per heavy atom. The summed E-state index contributed by atoms with van der Waals surface area (Å²) in [7, 11) is 0. The number of nitrogens with two attached hydrogens (primary N) is 1. The molecule has 2 bridgehead atoms. The first-order valence-electron chi connectivity index (χ1n) is 7.94. The Kier molecular flexibility index (Phi) is 3.70. The molecule has 3 fully saturated rings. The maximum absolute atomic E-state index is 11.1. The molecule has 4 unspecified atom stereocenters. The normalized spacial score (nSPS) is 36.7. The van der Waals surface area contributed by atoms with Gasteiger partial charge in [-0.2, -0.15) is 0 Å². The third kappa shape index (κ3) is 2.73. The lowest BCUT2D eigenvalue weighted by Gasteiger charge is -2.36. The predicted molar refractivity (Wildman–Crippen MR) is 75.7 cm³/mol. The van der Waals surface area contributed by atoms with Crippen LogP contribution in [0.1, 0.15) is 45.4 Å². The number of carbonyl (C=O) groups is 1. The van der Waals surface area contributed by atoms with E-state index in [1.54, 1.807) is 4.90 Å². The van der Waals surface area contributed by atoms with Crippen LogP contribution >= 0.6 is 0 Å². The standard InChI is InChI=1S/C15H27N3O/c1-10(14-9-11-2-3-12(14)8-11)17-13-4-6-18(7-5-13)15(16)19/h10-14,17H,2-9H2,1H3,(H2,16,19). The fraction of sp³-hybridized carbons (Fsp3) is 0.933. The van der Waals surface area contributed by atoms with E-state index in [1.165, 1.54) is 25.7 Å². The van der Waals surface area contributed by atoms with Gasteiger partial charge in [-0.15, -0.1) is 0 Å². The fourth-order valence-electron chi connectivity index (χ4n) is 4.67. The molecule has 0 aromatic rings. The zero-order chi connectivity index (χ0) is 13.4. The van der Waals surface area contributed by atoms with Crippen LogP contribution < -0.4 is 11.1 Å². The molecule has 19 heavy (non-hydrogen) atoms. The van der Waals surface area contributed by atoms with E-state index in [0.717, 1.165) is 43.7 Å². The Hall–Kier alpha value is -0.770. The van der Waals surface area contributed by atoms with Gasteiger partial charge < -0.3 is 16.0 Å². The molecule has 1 aliphatic heterocycles. The third-order valence-electron chi connectivity index (χ3n) is 5.74. The SMILES string of the molecule is CC(NC1CCN(C(N)=O)CC1)C1CC2CCC1C2. The van der Waals surface area contributed by atoms with Gasteiger partial charge >= 0.3 is 6.03 Å². The highest BCUT2D eigenvalue weighted by molar-refractivity contribution is 5.72. The quantitative estimate of drug-likeness (QED) is 0.819. The molecule has 2 aliphatic carbocycles. The summed E-state index contributed by atoms with van der Waals surface area (Å²) in [6, 6.07) is 0.949. The monoisotopic (exact) mass is 265 g/mol. The van der Waals surface area contributed by atoms with Crippen molar-refractivity contribution in [3.8, 4) is 0 Å². The van der Waals surface area contributed by atoms with Crippen LogP contribution in [0.4, 0.5) is 4.79 Å². The summed E-state index contributed by atoms with van der Waals surface area (Å²) in [6.07, 6.45) is 7.96. The number of urea groups is 1. The maximum Gasteiger partial charge on any atom is 0.314 e. The highest BCUT2D eigenvalue weighted by Gasteiger charge is 2.42. The number of nitrogens with zero attached hydrogens (tertiary/aromatic N) is 1. The Bertz CT molecular complexity index is 338. The maximum atomic E-state index is 11.1. The molecule has 1 saturated heterocycles. The van der Waals surface area contributed by atoms with E-state index in [0.29, 0.717) is 12.1 Å². The molecule has 0 spiro atoms. The van der Waals surface area contributed by atoms with Crippen molar-refractivity contribution in [2.75, 3.05) is 13.1 Å². The average Bonchev–Trinajstić information content (AvgIpc) is 3.01. The largest absolute Gasteiger partial charge is 0.351 e. The van der Waals surface area contributed by atoms with Gasteiger partial charge in [0.25, 0.3) is 0 Å². The van der Waals surface area contributed by atoms with Gasteiger partial charge in [0.2, 0.25) is 0 Å². The first kappa shape index (κ1) is 13.2. The lowest BCUT2D eigenvalue weighted by atomic mass is 9.83. The number of hydrogen-bond donors (Lipinski definition) is 2. The van der Waals surface area contributed by atoms with Crippen molar-refractivity contribution in [3.63, 3.8) is 0 Å². The van der Waals surface area contributed by atoms with Crippen LogP contribution in [-0.4, -0.2) is 36.1 Å². The number of hydrogen-bond acceptors (Lipinski definition) is 2. The van der Waals surface area contributed by atoms with Crippen molar-refractivity contribution >= 4 is 6.03 Å². The molecule has 1 heterocycles. The van der Waals surface area contributed by atoms with Gasteiger partial charge in [-0.25, -0.2) is 4.79 Å². The predicted octanol–water partition coefficient (Wildman–Crippen LogP) is 1.94. The number of rotatable bonds is 3. The van der Waals surface area contributed by atoms with Crippen molar-refractivity contribution < 1.29 is 4.79 Å².